The molecule has 1 rings (SSSR count). The van der Waals surface area contributed by atoms with Crippen molar-refractivity contribution in [2.45, 2.75) is 20.0 Å². The van der Waals surface area contributed by atoms with Gasteiger partial charge in [-0.15, -0.1) is 5.10 Å². The molecule has 0 aliphatic rings. The van der Waals surface area contributed by atoms with Gasteiger partial charge in [-0.1, -0.05) is 12.1 Å². The number of hydrogen-bond donors (Lipinski definition) is 1. The van der Waals surface area contributed by atoms with Crippen molar-refractivity contribution in [2.24, 2.45) is 0 Å². The first-order chi connectivity index (χ1) is 8.61. The van der Waals surface area contributed by atoms with Gasteiger partial charge in [0, 0.05) is 32.4 Å². The molecular formula is C12H26N6. The Kier molecular flexibility index (Phi) is 6.85. The zero-order valence-corrected chi connectivity index (χ0v) is 12.1. The van der Waals surface area contributed by atoms with Crippen molar-refractivity contribution in [1.29, 1.82) is 0 Å². The fourth-order valence-electron chi connectivity index (χ4n) is 1.54. The molecule has 0 aliphatic carbocycles. The Morgan fingerprint density at radius 3 is 2.67 bits per heavy atom. The van der Waals surface area contributed by atoms with Crippen LogP contribution in [-0.4, -0.2) is 72.1 Å². The molecule has 1 aromatic heterocycles. The third kappa shape index (κ3) is 6.09. The third-order valence-electron chi connectivity index (χ3n) is 2.78. The Morgan fingerprint density at radius 2 is 2.00 bits per heavy atom. The van der Waals surface area contributed by atoms with Crippen LogP contribution in [0.1, 0.15) is 12.6 Å². The van der Waals surface area contributed by atoms with E-state index in [1.165, 1.54) is 0 Å². The van der Waals surface area contributed by atoms with Gasteiger partial charge in [0.05, 0.1) is 12.2 Å². The lowest BCUT2D eigenvalue weighted by atomic mass is 10.4. The molecule has 0 amide bonds. The number of rotatable bonds is 9. The summed E-state index contributed by atoms with van der Waals surface area (Å²) < 4.78 is 1.92. The smallest absolute Gasteiger partial charge is 0.0964 e. The molecule has 1 aromatic rings. The molecule has 0 atom stereocenters. The van der Waals surface area contributed by atoms with E-state index in [0.717, 1.165) is 45.0 Å². The van der Waals surface area contributed by atoms with Crippen LogP contribution >= 0.6 is 0 Å². The van der Waals surface area contributed by atoms with E-state index < -0.39 is 0 Å². The summed E-state index contributed by atoms with van der Waals surface area (Å²) in [5, 5.41) is 11.5. The first-order valence-electron chi connectivity index (χ1n) is 6.54. The Hall–Kier alpha value is -0.980. The summed E-state index contributed by atoms with van der Waals surface area (Å²) in [5.41, 5.74) is 1.01. The second kappa shape index (κ2) is 8.18. The van der Waals surface area contributed by atoms with Crippen molar-refractivity contribution >= 4 is 0 Å². The van der Waals surface area contributed by atoms with Crippen LogP contribution in [0.5, 0.6) is 0 Å². The molecule has 0 spiro atoms. The maximum absolute atomic E-state index is 4.13. The molecule has 18 heavy (non-hydrogen) atoms. The van der Waals surface area contributed by atoms with E-state index in [0.29, 0.717) is 0 Å². The standard InChI is InChI=1S/C12H26N6/c1-5-13-10-12-11-18(15-14-12)9-8-17(4)7-6-16(2)3/h11,13H,5-10H2,1-4H3. The minimum atomic E-state index is 0.799. The van der Waals surface area contributed by atoms with E-state index in [1.54, 1.807) is 0 Å². The van der Waals surface area contributed by atoms with Crippen LogP contribution < -0.4 is 5.32 Å². The number of nitrogens with zero attached hydrogens (tertiary/aromatic N) is 5. The molecule has 104 valence electrons. The van der Waals surface area contributed by atoms with Gasteiger partial charge in [0.15, 0.2) is 0 Å². The largest absolute Gasteiger partial charge is 0.311 e. The summed E-state index contributed by atoms with van der Waals surface area (Å²) >= 11 is 0. The Bertz CT molecular complexity index is 322. The topological polar surface area (TPSA) is 49.2 Å². The van der Waals surface area contributed by atoms with Crippen LogP contribution in [0, 0.1) is 0 Å². The van der Waals surface area contributed by atoms with Crippen molar-refractivity contribution in [3.05, 3.63) is 11.9 Å². The van der Waals surface area contributed by atoms with Crippen LogP contribution in [0.3, 0.4) is 0 Å². The normalized spacial score (nSPS) is 11.7. The number of nitrogens with one attached hydrogen (secondary N) is 1. The summed E-state index contributed by atoms with van der Waals surface area (Å²) in [6.07, 6.45) is 2.02. The van der Waals surface area contributed by atoms with Gasteiger partial charge in [-0.05, 0) is 27.7 Å². The average molecular weight is 254 g/mol. The maximum atomic E-state index is 4.13. The average Bonchev–Trinajstić information content (AvgIpc) is 2.79. The zero-order chi connectivity index (χ0) is 13.4. The van der Waals surface area contributed by atoms with Gasteiger partial charge >= 0.3 is 0 Å². The van der Waals surface area contributed by atoms with E-state index >= 15 is 0 Å². The molecule has 6 heteroatoms. The van der Waals surface area contributed by atoms with Gasteiger partial charge in [0.25, 0.3) is 0 Å². The molecule has 0 aromatic carbocycles. The maximum Gasteiger partial charge on any atom is 0.0964 e. The summed E-state index contributed by atoms with van der Waals surface area (Å²) in [4.78, 5) is 4.51. The Morgan fingerprint density at radius 1 is 1.22 bits per heavy atom. The second-order valence-electron chi connectivity index (χ2n) is 4.86. The predicted octanol–water partition coefficient (Wildman–Crippen LogP) is -0.119. The Balaban J connectivity index is 2.23. The summed E-state index contributed by atoms with van der Waals surface area (Å²) in [7, 11) is 6.33. The predicted molar refractivity (Wildman–Crippen MR) is 73.5 cm³/mol. The summed E-state index contributed by atoms with van der Waals surface area (Å²) in [6.45, 7) is 7.89. The highest BCUT2D eigenvalue weighted by atomic mass is 15.4. The first-order valence-corrected chi connectivity index (χ1v) is 6.54. The molecule has 0 bridgehead atoms. The van der Waals surface area contributed by atoms with Gasteiger partial charge in [0.2, 0.25) is 0 Å². The molecule has 0 saturated carbocycles. The SMILES string of the molecule is CCNCc1cn(CCN(C)CCN(C)C)nn1. The van der Waals surface area contributed by atoms with Crippen molar-refractivity contribution in [2.75, 3.05) is 47.3 Å². The van der Waals surface area contributed by atoms with E-state index in [1.807, 2.05) is 10.9 Å². The van der Waals surface area contributed by atoms with Crippen molar-refractivity contribution in [3.63, 3.8) is 0 Å². The van der Waals surface area contributed by atoms with E-state index in [-0.39, 0.29) is 0 Å². The van der Waals surface area contributed by atoms with E-state index in [2.05, 4.69) is 53.5 Å². The highest BCUT2D eigenvalue weighted by molar-refractivity contribution is 4.91. The van der Waals surface area contributed by atoms with Crippen molar-refractivity contribution in [3.8, 4) is 0 Å². The molecule has 0 aliphatic heterocycles. The lowest BCUT2D eigenvalue weighted by Gasteiger charge is -2.18. The number of aromatic nitrogens is 3. The lowest BCUT2D eigenvalue weighted by Crippen LogP contribution is -2.31. The van der Waals surface area contributed by atoms with Crippen LogP contribution in [0.25, 0.3) is 0 Å². The monoisotopic (exact) mass is 254 g/mol. The zero-order valence-electron chi connectivity index (χ0n) is 12.1. The molecule has 0 radical (unpaired) electrons. The molecular weight excluding hydrogens is 228 g/mol. The van der Waals surface area contributed by atoms with Gasteiger partial charge in [0.1, 0.15) is 0 Å². The van der Waals surface area contributed by atoms with E-state index in [9.17, 15) is 0 Å². The van der Waals surface area contributed by atoms with Crippen LogP contribution in [0.4, 0.5) is 0 Å². The molecule has 1 N–H and O–H groups in total. The second-order valence-corrected chi connectivity index (χ2v) is 4.86. The first kappa shape index (κ1) is 15.1. The molecule has 0 fully saturated rings. The minimum absolute atomic E-state index is 0.799. The quantitative estimate of drug-likeness (QED) is 0.666. The fraction of sp³-hybridized carbons (Fsp3) is 0.833. The molecule has 1 heterocycles. The summed E-state index contributed by atoms with van der Waals surface area (Å²) in [6, 6.07) is 0. The van der Waals surface area contributed by atoms with Crippen molar-refractivity contribution in [1.82, 2.24) is 30.1 Å². The Labute approximate surface area is 110 Å². The van der Waals surface area contributed by atoms with Crippen LogP contribution in [0.2, 0.25) is 0 Å². The van der Waals surface area contributed by atoms with Gasteiger partial charge < -0.3 is 15.1 Å². The highest BCUT2D eigenvalue weighted by Gasteiger charge is 2.02. The number of likely N-dealkylation sites (N-methyl/N-ethyl adjacent to an activating group) is 2. The number of hydrogen-bond acceptors (Lipinski definition) is 5. The van der Waals surface area contributed by atoms with Gasteiger partial charge in [-0.25, -0.2) is 0 Å². The van der Waals surface area contributed by atoms with Crippen LogP contribution in [-0.2, 0) is 13.1 Å². The fourth-order valence-corrected chi connectivity index (χ4v) is 1.54. The van der Waals surface area contributed by atoms with E-state index in [4.69, 9.17) is 0 Å². The lowest BCUT2D eigenvalue weighted by molar-refractivity contribution is 0.269. The third-order valence-corrected chi connectivity index (χ3v) is 2.78. The van der Waals surface area contributed by atoms with Gasteiger partial charge in [-0.3, -0.25) is 4.68 Å². The minimum Gasteiger partial charge on any atom is -0.311 e. The molecule has 0 unspecified atom stereocenters. The van der Waals surface area contributed by atoms with Crippen LogP contribution in [0.15, 0.2) is 6.20 Å². The molecule has 0 saturated heterocycles. The highest BCUT2D eigenvalue weighted by Crippen LogP contribution is 1.93. The summed E-state index contributed by atoms with van der Waals surface area (Å²) in [5.74, 6) is 0. The van der Waals surface area contributed by atoms with Gasteiger partial charge in [-0.2, -0.15) is 0 Å². The molecule has 6 nitrogen and oxygen atoms in total. The van der Waals surface area contributed by atoms with Crippen molar-refractivity contribution < 1.29 is 0 Å².